The molecule has 1 aromatic rings. The van der Waals surface area contributed by atoms with Crippen molar-refractivity contribution >= 4 is 27.5 Å². The van der Waals surface area contributed by atoms with E-state index in [0.29, 0.717) is 0 Å². The average Bonchev–Trinajstić information content (AvgIpc) is 2.79. The molecular formula is C13H22N2O5S2. The summed E-state index contributed by atoms with van der Waals surface area (Å²) in [4.78, 5) is 19.5. The van der Waals surface area contributed by atoms with E-state index in [0.717, 1.165) is 43.0 Å². The van der Waals surface area contributed by atoms with E-state index in [9.17, 15) is 8.42 Å². The molecule has 0 bridgehead atoms. The van der Waals surface area contributed by atoms with Gasteiger partial charge in [-0.2, -0.15) is 9.59 Å². The van der Waals surface area contributed by atoms with Crippen LogP contribution < -0.4 is 5.14 Å². The van der Waals surface area contributed by atoms with Gasteiger partial charge in [-0.05, 0) is 38.4 Å². The predicted molar refractivity (Wildman–Crippen MR) is 83.1 cm³/mol. The van der Waals surface area contributed by atoms with Crippen LogP contribution in [0.2, 0.25) is 0 Å². The monoisotopic (exact) mass is 350 g/mol. The van der Waals surface area contributed by atoms with Crippen LogP contribution in [0.1, 0.15) is 16.9 Å². The Hall–Kier alpha value is -1.09. The second-order valence-corrected chi connectivity index (χ2v) is 7.72. The highest BCUT2D eigenvalue weighted by molar-refractivity contribution is 7.91. The third-order valence-electron chi connectivity index (χ3n) is 2.93. The first-order chi connectivity index (χ1) is 10.3. The van der Waals surface area contributed by atoms with Gasteiger partial charge in [-0.3, -0.25) is 0 Å². The van der Waals surface area contributed by atoms with E-state index in [1.165, 1.54) is 11.3 Å². The maximum atomic E-state index is 11.3. The van der Waals surface area contributed by atoms with E-state index < -0.39 is 10.0 Å². The second kappa shape index (κ2) is 10.6. The van der Waals surface area contributed by atoms with Crippen LogP contribution in [0, 0.1) is 6.92 Å². The highest BCUT2D eigenvalue weighted by Crippen LogP contribution is 2.25. The minimum atomic E-state index is -3.57. The lowest BCUT2D eigenvalue weighted by Crippen LogP contribution is -2.23. The van der Waals surface area contributed by atoms with Gasteiger partial charge in [-0.1, -0.05) is 0 Å². The Kier molecular flexibility index (Phi) is 10.1. The number of rotatable bonds is 8. The maximum absolute atomic E-state index is 11.3. The molecule has 1 aromatic heterocycles. The molecule has 0 unspecified atom stereocenters. The van der Waals surface area contributed by atoms with Gasteiger partial charge in [0.15, 0.2) is 0 Å². The standard InChI is InChI=1S/C12H22N2O3S2.CO2/c1-10-11(9-12(18-10)19(13,15)16)5-7-14(2)6-4-8-17-3;2-1-3/h9H,4-8H2,1-3H3,(H2,13,15,16);. The van der Waals surface area contributed by atoms with E-state index in [1.54, 1.807) is 13.2 Å². The van der Waals surface area contributed by atoms with Gasteiger partial charge < -0.3 is 9.64 Å². The van der Waals surface area contributed by atoms with Crippen LogP contribution in [0.5, 0.6) is 0 Å². The molecule has 126 valence electrons. The number of thiophene rings is 1. The van der Waals surface area contributed by atoms with Crippen LogP contribution in [0.15, 0.2) is 10.3 Å². The molecule has 0 aliphatic heterocycles. The Morgan fingerprint density at radius 3 is 2.41 bits per heavy atom. The van der Waals surface area contributed by atoms with E-state index in [4.69, 9.17) is 19.5 Å². The fourth-order valence-electron chi connectivity index (χ4n) is 1.78. The number of aryl methyl sites for hydroxylation is 1. The van der Waals surface area contributed by atoms with Crippen molar-refractivity contribution in [3.05, 3.63) is 16.5 Å². The van der Waals surface area contributed by atoms with Gasteiger partial charge in [-0.15, -0.1) is 11.3 Å². The molecule has 2 N–H and O–H groups in total. The largest absolute Gasteiger partial charge is 0.385 e. The summed E-state index contributed by atoms with van der Waals surface area (Å²) in [7, 11) is 0.179. The van der Waals surface area contributed by atoms with E-state index in [-0.39, 0.29) is 10.4 Å². The molecule has 22 heavy (non-hydrogen) atoms. The zero-order chi connectivity index (χ0) is 17.2. The van der Waals surface area contributed by atoms with Crippen molar-refractivity contribution in [3.8, 4) is 0 Å². The molecule has 0 atom stereocenters. The lowest BCUT2D eigenvalue weighted by molar-refractivity contribution is -0.191. The van der Waals surface area contributed by atoms with Crippen molar-refractivity contribution < 1.29 is 22.7 Å². The molecule has 0 aliphatic carbocycles. The fourth-order valence-corrected chi connectivity index (χ4v) is 3.72. The van der Waals surface area contributed by atoms with E-state index in [2.05, 4.69) is 11.9 Å². The van der Waals surface area contributed by atoms with Crippen molar-refractivity contribution in [1.82, 2.24) is 4.90 Å². The number of likely N-dealkylation sites (N-methyl/N-ethyl adjacent to an activating group) is 1. The first-order valence-electron chi connectivity index (χ1n) is 6.55. The summed E-state index contributed by atoms with van der Waals surface area (Å²) in [5, 5.41) is 5.13. The van der Waals surface area contributed by atoms with Crippen LogP contribution in [-0.2, 0) is 30.8 Å². The zero-order valence-corrected chi connectivity index (χ0v) is 14.6. The number of sulfonamides is 1. The maximum Gasteiger partial charge on any atom is 0.373 e. The summed E-state index contributed by atoms with van der Waals surface area (Å²) in [6, 6.07) is 1.69. The highest BCUT2D eigenvalue weighted by atomic mass is 32.2. The third-order valence-corrected chi connectivity index (χ3v) is 5.44. The van der Waals surface area contributed by atoms with Gasteiger partial charge in [0.25, 0.3) is 0 Å². The zero-order valence-electron chi connectivity index (χ0n) is 13.0. The number of hydrogen-bond donors (Lipinski definition) is 1. The normalized spacial score (nSPS) is 11.0. The fraction of sp³-hybridized carbons (Fsp3) is 0.615. The minimum absolute atomic E-state index is 0.250. The molecular weight excluding hydrogens is 328 g/mol. The molecule has 7 nitrogen and oxygen atoms in total. The number of nitrogens with two attached hydrogens (primary N) is 1. The summed E-state index contributed by atoms with van der Waals surface area (Å²) in [5.74, 6) is 0. The van der Waals surface area contributed by atoms with Crippen molar-refractivity contribution in [2.75, 3.05) is 33.9 Å². The molecule has 0 spiro atoms. The lowest BCUT2D eigenvalue weighted by Gasteiger charge is -2.15. The number of primary sulfonamides is 1. The number of methoxy groups -OCH3 is 1. The summed E-state index contributed by atoms with van der Waals surface area (Å²) in [6.07, 6.45) is 2.08. The Morgan fingerprint density at radius 2 is 1.95 bits per heavy atom. The van der Waals surface area contributed by atoms with Crippen molar-refractivity contribution in [1.29, 1.82) is 0 Å². The SMILES string of the molecule is COCCCN(C)CCc1cc(S(N)(=O)=O)sc1C.O=C=O. The van der Waals surface area contributed by atoms with Gasteiger partial charge >= 0.3 is 6.15 Å². The highest BCUT2D eigenvalue weighted by Gasteiger charge is 2.14. The van der Waals surface area contributed by atoms with Crippen LogP contribution in [0.4, 0.5) is 0 Å². The molecule has 0 saturated carbocycles. The molecule has 0 radical (unpaired) electrons. The van der Waals surface area contributed by atoms with Gasteiger partial charge in [0.1, 0.15) is 4.21 Å². The summed E-state index contributed by atoms with van der Waals surface area (Å²) in [6.45, 7) is 4.56. The minimum Gasteiger partial charge on any atom is -0.385 e. The molecule has 0 fully saturated rings. The topological polar surface area (TPSA) is 107 Å². The quantitative estimate of drug-likeness (QED) is 0.689. The molecule has 0 aromatic carbocycles. The van der Waals surface area contributed by atoms with Crippen molar-refractivity contribution in [2.45, 2.75) is 24.0 Å². The predicted octanol–water partition coefficient (Wildman–Crippen LogP) is 0.631. The summed E-state index contributed by atoms with van der Waals surface area (Å²) < 4.78 is 27.8. The molecule has 1 heterocycles. The van der Waals surface area contributed by atoms with Gasteiger partial charge in [0.05, 0.1) is 0 Å². The molecule has 1 rings (SSSR count). The van der Waals surface area contributed by atoms with E-state index in [1.807, 2.05) is 6.92 Å². The molecule has 0 amide bonds. The van der Waals surface area contributed by atoms with E-state index >= 15 is 0 Å². The number of carbonyl (C=O) groups excluding carboxylic acids is 2. The number of ether oxygens (including phenoxy) is 1. The molecule has 0 aliphatic rings. The Balaban J connectivity index is 0.00000135. The number of nitrogens with zero attached hydrogens (tertiary/aromatic N) is 1. The average molecular weight is 350 g/mol. The first kappa shape index (κ1) is 20.9. The molecule has 0 saturated heterocycles. The summed E-state index contributed by atoms with van der Waals surface area (Å²) >= 11 is 1.24. The Labute approximate surface area is 135 Å². The van der Waals surface area contributed by atoms with Gasteiger partial charge in [-0.25, -0.2) is 13.6 Å². The van der Waals surface area contributed by atoms with Crippen LogP contribution in [0.3, 0.4) is 0 Å². The Bertz CT molecular complexity index is 577. The second-order valence-electron chi connectivity index (χ2n) is 4.67. The third kappa shape index (κ3) is 8.38. The lowest BCUT2D eigenvalue weighted by atomic mass is 10.2. The van der Waals surface area contributed by atoms with Gasteiger partial charge in [0, 0.05) is 31.7 Å². The summed E-state index contributed by atoms with van der Waals surface area (Å²) in [5.41, 5.74) is 1.06. The first-order valence-corrected chi connectivity index (χ1v) is 8.91. The van der Waals surface area contributed by atoms with Crippen LogP contribution in [-0.4, -0.2) is 53.3 Å². The smallest absolute Gasteiger partial charge is 0.373 e. The Morgan fingerprint density at radius 1 is 1.36 bits per heavy atom. The van der Waals surface area contributed by atoms with Crippen molar-refractivity contribution in [2.24, 2.45) is 5.14 Å². The van der Waals surface area contributed by atoms with Crippen LogP contribution in [0.25, 0.3) is 0 Å². The van der Waals surface area contributed by atoms with Crippen molar-refractivity contribution in [3.63, 3.8) is 0 Å². The molecule has 9 heteroatoms. The van der Waals surface area contributed by atoms with Gasteiger partial charge in [0.2, 0.25) is 10.0 Å². The number of hydrogen-bond acceptors (Lipinski definition) is 7. The van der Waals surface area contributed by atoms with Crippen LogP contribution >= 0.6 is 11.3 Å².